The molecule has 0 unspecified atom stereocenters. The van der Waals surface area contributed by atoms with E-state index in [9.17, 15) is 0 Å². The molecule has 0 saturated carbocycles. The zero-order chi connectivity index (χ0) is 8.91. The van der Waals surface area contributed by atoms with Gasteiger partial charge in [-0.3, -0.25) is 0 Å². The highest BCUT2D eigenvalue weighted by molar-refractivity contribution is 4.59. The topological polar surface area (TPSA) is 21.3 Å². The van der Waals surface area contributed by atoms with E-state index in [2.05, 4.69) is 39.9 Å². The molecule has 2 nitrogen and oxygen atoms in total. The Morgan fingerprint density at radius 2 is 1.82 bits per heavy atom. The molecule has 0 aromatic heterocycles. The second-order valence-electron chi connectivity index (χ2n) is 4.07. The van der Waals surface area contributed by atoms with E-state index in [-0.39, 0.29) is 5.60 Å². The van der Waals surface area contributed by atoms with Crippen LogP contribution in [-0.4, -0.2) is 24.8 Å². The van der Waals surface area contributed by atoms with Gasteiger partial charge in [0.1, 0.15) is 0 Å². The van der Waals surface area contributed by atoms with Crippen molar-refractivity contribution in [1.29, 1.82) is 0 Å². The Balaban J connectivity index is 3.15. The van der Waals surface area contributed by atoms with E-state index in [0.29, 0.717) is 6.04 Å². The zero-order valence-corrected chi connectivity index (χ0v) is 8.40. The Morgan fingerprint density at radius 3 is 2.18 bits per heavy atom. The van der Waals surface area contributed by atoms with Crippen molar-refractivity contribution in [2.24, 2.45) is 0 Å². The first-order chi connectivity index (χ1) is 4.92. The lowest BCUT2D eigenvalue weighted by Crippen LogP contribution is -2.30. The third-order valence-corrected chi connectivity index (χ3v) is 1.19. The number of hydrogen-bond acceptors (Lipinski definition) is 2. The highest BCUT2D eigenvalue weighted by Crippen LogP contribution is 2.04. The molecule has 0 bridgehead atoms. The molecule has 0 fully saturated rings. The van der Waals surface area contributed by atoms with Gasteiger partial charge in [0, 0.05) is 12.6 Å². The van der Waals surface area contributed by atoms with E-state index in [4.69, 9.17) is 4.74 Å². The molecular formula is C9H21NO. The van der Waals surface area contributed by atoms with Gasteiger partial charge in [-0.1, -0.05) is 13.8 Å². The Morgan fingerprint density at radius 1 is 1.27 bits per heavy atom. The molecule has 0 rings (SSSR count). The van der Waals surface area contributed by atoms with E-state index >= 15 is 0 Å². The first-order valence-corrected chi connectivity index (χ1v) is 4.29. The molecule has 1 N–H and O–H groups in total. The molecule has 0 radical (unpaired) electrons. The summed E-state index contributed by atoms with van der Waals surface area (Å²) in [5.74, 6) is 0. The summed E-state index contributed by atoms with van der Waals surface area (Å²) in [4.78, 5) is 0. The SMILES string of the molecule is CC(C)NCCOC(C)(C)C. The van der Waals surface area contributed by atoms with E-state index in [1.54, 1.807) is 0 Å². The second-order valence-corrected chi connectivity index (χ2v) is 4.07. The minimum Gasteiger partial charge on any atom is -0.375 e. The first kappa shape index (κ1) is 10.9. The third kappa shape index (κ3) is 9.92. The van der Waals surface area contributed by atoms with Gasteiger partial charge in [-0.05, 0) is 20.8 Å². The lowest BCUT2D eigenvalue weighted by molar-refractivity contribution is -0.00133. The van der Waals surface area contributed by atoms with Crippen LogP contribution in [0.25, 0.3) is 0 Å². The lowest BCUT2D eigenvalue weighted by atomic mass is 10.2. The molecule has 0 aliphatic carbocycles. The van der Waals surface area contributed by atoms with Crippen molar-refractivity contribution in [3.8, 4) is 0 Å². The van der Waals surface area contributed by atoms with Gasteiger partial charge in [0.25, 0.3) is 0 Å². The summed E-state index contributed by atoms with van der Waals surface area (Å²) < 4.78 is 5.52. The van der Waals surface area contributed by atoms with E-state index in [0.717, 1.165) is 13.2 Å². The summed E-state index contributed by atoms with van der Waals surface area (Å²) in [7, 11) is 0. The molecule has 0 heterocycles. The van der Waals surface area contributed by atoms with E-state index < -0.39 is 0 Å². The maximum atomic E-state index is 5.52. The molecular weight excluding hydrogens is 138 g/mol. The van der Waals surface area contributed by atoms with Gasteiger partial charge in [-0.25, -0.2) is 0 Å². The highest BCUT2D eigenvalue weighted by atomic mass is 16.5. The summed E-state index contributed by atoms with van der Waals surface area (Å²) >= 11 is 0. The van der Waals surface area contributed by atoms with Gasteiger partial charge in [-0.2, -0.15) is 0 Å². The van der Waals surface area contributed by atoms with Gasteiger partial charge in [0.05, 0.1) is 12.2 Å². The smallest absolute Gasteiger partial charge is 0.0599 e. The molecule has 0 atom stereocenters. The van der Waals surface area contributed by atoms with E-state index in [1.165, 1.54) is 0 Å². The normalized spacial score (nSPS) is 12.5. The fourth-order valence-electron chi connectivity index (χ4n) is 0.705. The fraction of sp³-hybridized carbons (Fsp3) is 1.00. The summed E-state index contributed by atoms with van der Waals surface area (Å²) in [6, 6.07) is 0.554. The quantitative estimate of drug-likeness (QED) is 0.632. The minimum absolute atomic E-state index is 0.00133. The van der Waals surface area contributed by atoms with Crippen LogP contribution in [0.4, 0.5) is 0 Å². The summed E-state index contributed by atoms with van der Waals surface area (Å²) in [5, 5.41) is 3.29. The van der Waals surface area contributed by atoms with Crippen molar-refractivity contribution in [2.75, 3.05) is 13.2 Å². The molecule has 0 amide bonds. The molecule has 0 saturated heterocycles. The second kappa shape index (κ2) is 4.73. The van der Waals surface area contributed by atoms with Crippen molar-refractivity contribution in [1.82, 2.24) is 5.32 Å². The Kier molecular flexibility index (Phi) is 4.69. The van der Waals surface area contributed by atoms with Gasteiger partial charge >= 0.3 is 0 Å². The molecule has 11 heavy (non-hydrogen) atoms. The summed E-state index contributed by atoms with van der Waals surface area (Å²) in [6.07, 6.45) is 0. The van der Waals surface area contributed by atoms with Crippen LogP contribution in [0.15, 0.2) is 0 Å². The number of rotatable bonds is 4. The van der Waals surface area contributed by atoms with Crippen molar-refractivity contribution in [3.05, 3.63) is 0 Å². The van der Waals surface area contributed by atoms with Gasteiger partial charge < -0.3 is 10.1 Å². The van der Waals surface area contributed by atoms with Gasteiger partial charge in [-0.15, -0.1) is 0 Å². The van der Waals surface area contributed by atoms with Gasteiger partial charge in [0.15, 0.2) is 0 Å². The predicted molar refractivity (Wildman–Crippen MR) is 48.8 cm³/mol. The van der Waals surface area contributed by atoms with E-state index in [1.807, 2.05) is 0 Å². The molecule has 0 aromatic carbocycles. The largest absolute Gasteiger partial charge is 0.375 e. The molecule has 0 aliphatic heterocycles. The monoisotopic (exact) mass is 159 g/mol. The van der Waals surface area contributed by atoms with Crippen LogP contribution in [-0.2, 0) is 4.74 Å². The molecule has 0 aromatic rings. The predicted octanol–water partition coefficient (Wildman–Crippen LogP) is 1.80. The van der Waals surface area contributed by atoms with Crippen LogP contribution in [0, 0.1) is 0 Å². The molecule has 0 aliphatic rings. The van der Waals surface area contributed by atoms with Crippen molar-refractivity contribution >= 4 is 0 Å². The Hall–Kier alpha value is -0.0800. The van der Waals surface area contributed by atoms with Crippen LogP contribution in [0.3, 0.4) is 0 Å². The number of nitrogens with one attached hydrogen (secondary N) is 1. The van der Waals surface area contributed by atoms with Crippen LogP contribution in [0.2, 0.25) is 0 Å². The summed E-state index contributed by atoms with van der Waals surface area (Å²) in [6.45, 7) is 12.2. The maximum absolute atomic E-state index is 5.52. The zero-order valence-electron chi connectivity index (χ0n) is 8.40. The molecule has 0 spiro atoms. The highest BCUT2D eigenvalue weighted by Gasteiger charge is 2.08. The Bertz CT molecular complexity index is 94.2. The number of hydrogen-bond donors (Lipinski definition) is 1. The van der Waals surface area contributed by atoms with Crippen LogP contribution < -0.4 is 5.32 Å². The van der Waals surface area contributed by atoms with Crippen molar-refractivity contribution < 1.29 is 4.74 Å². The number of ether oxygens (including phenoxy) is 1. The Labute approximate surface area is 70.3 Å². The maximum Gasteiger partial charge on any atom is 0.0599 e. The third-order valence-electron chi connectivity index (χ3n) is 1.19. The average Bonchev–Trinajstić information content (AvgIpc) is 1.78. The first-order valence-electron chi connectivity index (χ1n) is 4.29. The summed E-state index contributed by atoms with van der Waals surface area (Å²) in [5.41, 5.74) is -0.00133. The average molecular weight is 159 g/mol. The van der Waals surface area contributed by atoms with Crippen LogP contribution >= 0.6 is 0 Å². The standard InChI is InChI=1S/C9H21NO/c1-8(2)10-6-7-11-9(3,4)5/h8,10H,6-7H2,1-5H3. The van der Waals surface area contributed by atoms with Crippen molar-refractivity contribution in [2.45, 2.75) is 46.3 Å². The van der Waals surface area contributed by atoms with Crippen LogP contribution in [0.5, 0.6) is 0 Å². The van der Waals surface area contributed by atoms with Gasteiger partial charge in [0.2, 0.25) is 0 Å². The van der Waals surface area contributed by atoms with Crippen LogP contribution in [0.1, 0.15) is 34.6 Å². The lowest BCUT2D eigenvalue weighted by Gasteiger charge is -2.20. The minimum atomic E-state index is -0.00133. The fourth-order valence-corrected chi connectivity index (χ4v) is 0.705. The van der Waals surface area contributed by atoms with Crippen molar-refractivity contribution in [3.63, 3.8) is 0 Å². The molecule has 68 valence electrons. The molecule has 2 heteroatoms.